The van der Waals surface area contributed by atoms with Gasteiger partial charge in [-0.05, 0) is 12.1 Å². The number of anilines is 1. The highest BCUT2D eigenvalue weighted by Crippen LogP contribution is 2.15. The second-order valence-electron chi connectivity index (χ2n) is 3.64. The molecule has 0 atom stereocenters. The standard InChI is InChI=1S/C12H9N3O5/c16-12(17)9-3-1-2-4-10(9)14-13-7-8-5-6-11(20-8)15(18)19/h1-7,14H,(H,16,17)/p-1/b13-7-. The summed E-state index contributed by atoms with van der Waals surface area (Å²) in [5, 5.41) is 25.0. The van der Waals surface area contributed by atoms with Crippen molar-refractivity contribution in [3.05, 3.63) is 57.8 Å². The first-order valence-electron chi connectivity index (χ1n) is 5.41. The number of para-hydroxylation sites is 1. The molecule has 0 fully saturated rings. The molecule has 20 heavy (non-hydrogen) atoms. The Labute approximate surface area is 112 Å². The topological polar surface area (TPSA) is 121 Å². The van der Waals surface area contributed by atoms with Crippen LogP contribution in [0.4, 0.5) is 11.6 Å². The number of carbonyl (C=O) groups excluding carboxylic acids is 1. The first-order valence-corrected chi connectivity index (χ1v) is 5.41. The smallest absolute Gasteiger partial charge is 0.433 e. The maximum Gasteiger partial charge on any atom is 0.433 e. The molecule has 8 nitrogen and oxygen atoms in total. The van der Waals surface area contributed by atoms with Gasteiger partial charge in [0, 0.05) is 5.56 Å². The molecule has 0 unspecified atom stereocenters. The third-order valence-corrected chi connectivity index (χ3v) is 2.32. The van der Waals surface area contributed by atoms with Crippen molar-refractivity contribution in [3.63, 3.8) is 0 Å². The predicted molar refractivity (Wildman–Crippen MR) is 67.4 cm³/mol. The summed E-state index contributed by atoms with van der Waals surface area (Å²) in [4.78, 5) is 20.6. The molecule has 102 valence electrons. The lowest BCUT2D eigenvalue weighted by Crippen LogP contribution is -2.23. The number of hydrogen-bond acceptors (Lipinski definition) is 7. The van der Waals surface area contributed by atoms with Crippen LogP contribution in [0.15, 0.2) is 45.9 Å². The second kappa shape index (κ2) is 5.65. The molecular weight excluding hydrogens is 266 g/mol. The van der Waals surface area contributed by atoms with E-state index < -0.39 is 16.8 Å². The van der Waals surface area contributed by atoms with Crippen molar-refractivity contribution in [2.45, 2.75) is 0 Å². The fourth-order valence-electron chi connectivity index (χ4n) is 1.43. The molecular formula is C12H8N3O5-. The normalized spacial score (nSPS) is 10.6. The van der Waals surface area contributed by atoms with Gasteiger partial charge in [0.15, 0.2) is 5.76 Å². The number of furan rings is 1. The van der Waals surface area contributed by atoms with Crippen molar-refractivity contribution in [1.29, 1.82) is 0 Å². The minimum Gasteiger partial charge on any atom is -0.545 e. The number of aromatic carboxylic acids is 1. The van der Waals surface area contributed by atoms with E-state index in [2.05, 4.69) is 10.5 Å². The van der Waals surface area contributed by atoms with Crippen molar-refractivity contribution in [2.24, 2.45) is 5.10 Å². The third kappa shape index (κ3) is 2.99. The minimum absolute atomic E-state index is 0.0462. The highest BCUT2D eigenvalue weighted by molar-refractivity contribution is 5.92. The molecule has 2 aromatic rings. The average molecular weight is 274 g/mol. The van der Waals surface area contributed by atoms with Gasteiger partial charge in [-0.1, -0.05) is 18.2 Å². The number of hydrogen-bond donors (Lipinski definition) is 1. The maximum atomic E-state index is 10.8. The van der Waals surface area contributed by atoms with Gasteiger partial charge in [0.05, 0.1) is 23.9 Å². The second-order valence-corrected chi connectivity index (χ2v) is 3.64. The molecule has 1 aromatic carbocycles. The summed E-state index contributed by atoms with van der Waals surface area (Å²) in [6.45, 7) is 0. The van der Waals surface area contributed by atoms with Gasteiger partial charge in [0.1, 0.15) is 4.92 Å². The van der Waals surface area contributed by atoms with E-state index in [0.29, 0.717) is 0 Å². The van der Waals surface area contributed by atoms with E-state index in [4.69, 9.17) is 4.42 Å². The van der Waals surface area contributed by atoms with Crippen LogP contribution in [0.1, 0.15) is 16.1 Å². The molecule has 0 amide bonds. The van der Waals surface area contributed by atoms with Crippen molar-refractivity contribution in [1.82, 2.24) is 0 Å². The molecule has 1 N–H and O–H groups in total. The van der Waals surface area contributed by atoms with E-state index in [9.17, 15) is 20.0 Å². The Bertz CT molecular complexity index is 677. The molecule has 0 bridgehead atoms. The average Bonchev–Trinajstić information content (AvgIpc) is 2.88. The molecule has 0 saturated carbocycles. The first kappa shape index (κ1) is 13.3. The largest absolute Gasteiger partial charge is 0.545 e. The van der Waals surface area contributed by atoms with Gasteiger partial charge in [-0.25, -0.2) is 0 Å². The number of carbonyl (C=O) groups is 1. The zero-order valence-electron chi connectivity index (χ0n) is 9.98. The number of benzene rings is 1. The van der Waals surface area contributed by atoms with Gasteiger partial charge in [0.25, 0.3) is 0 Å². The number of nitrogens with zero attached hydrogens (tertiary/aromatic N) is 2. The number of nitro groups is 1. The lowest BCUT2D eigenvalue weighted by Gasteiger charge is -2.08. The van der Waals surface area contributed by atoms with Crippen molar-refractivity contribution < 1.29 is 19.2 Å². The van der Waals surface area contributed by atoms with E-state index in [1.54, 1.807) is 12.1 Å². The molecule has 1 heterocycles. The van der Waals surface area contributed by atoms with E-state index >= 15 is 0 Å². The van der Waals surface area contributed by atoms with Gasteiger partial charge in [-0.2, -0.15) is 5.10 Å². The lowest BCUT2D eigenvalue weighted by atomic mass is 10.2. The number of rotatable bonds is 5. The summed E-state index contributed by atoms with van der Waals surface area (Å²) in [5.41, 5.74) is 2.69. The Morgan fingerprint density at radius 3 is 2.70 bits per heavy atom. The van der Waals surface area contributed by atoms with Crippen LogP contribution in [0.5, 0.6) is 0 Å². The molecule has 0 aliphatic heterocycles. The number of carboxylic acid groups (broad SMARTS) is 1. The van der Waals surface area contributed by atoms with Crippen LogP contribution >= 0.6 is 0 Å². The number of carboxylic acids is 1. The zero-order chi connectivity index (χ0) is 14.5. The van der Waals surface area contributed by atoms with Crippen LogP contribution in [0, 0.1) is 10.1 Å². The lowest BCUT2D eigenvalue weighted by molar-refractivity contribution is -0.402. The summed E-state index contributed by atoms with van der Waals surface area (Å²) in [6.07, 6.45) is 1.19. The fraction of sp³-hybridized carbons (Fsp3) is 0. The van der Waals surface area contributed by atoms with Crippen molar-refractivity contribution >= 4 is 23.8 Å². The van der Waals surface area contributed by atoms with Crippen LogP contribution in [0.25, 0.3) is 0 Å². The highest BCUT2D eigenvalue weighted by Gasteiger charge is 2.10. The number of nitrogens with one attached hydrogen (secondary N) is 1. The summed E-state index contributed by atoms with van der Waals surface area (Å²) in [5.74, 6) is -1.58. The van der Waals surface area contributed by atoms with Gasteiger partial charge in [-0.15, -0.1) is 0 Å². The van der Waals surface area contributed by atoms with E-state index in [1.807, 2.05) is 0 Å². The Kier molecular flexibility index (Phi) is 3.75. The summed E-state index contributed by atoms with van der Waals surface area (Å²) < 4.78 is 4.84. The van der Waals surface area contributed by atoms with Crippen molar-refractivity contribution in [3.8, 4) is 0 Å². The van der Waals surface area contributed by atoms with E-state index in [-0.39, 0.29) is 17.0 Å². The van der Waals surface area contributed by atoms with Crippen LogP contribution in [0.3, 0.4) is 0 Å². The molecule has 1 aromatic heterocycles. The van der Waals surface area contributed by atoms with Gasteiger partial charge < -0.3 is 14.3 Å². The molecule has 0 spiro atoms. The SMILES string of the molecule is O=C([O-])c1ccccc1N/N=C\c1ccc([N+](=O)[O-])o1. The Morgan fingerprint density at radius 1 is 1.30 bits per heavy atom. The van der Waals surface area contributed by atoms with Crippen LogP contribution in [-0.4, -0.2) is 17.1 Å². The van der Waals surface area contributed by atoms with E-state index in [1.165, 1.54) is 30.5 Å². The van der Waals surface area contributed by atoms with Gasteiger partial charge in [0.2, 0.25) is 0 Å². The van der Waals surface area contributed by atoms with Crippen molar-refractivity contribution in [2.75, 3.05) is 5.43 Å². The van der Waals surface area contributed by atoms with Crippen LogP contribution in [0.2, 0.25) is 0 Å². The molecule has 0 aliphatic carbocycles. The predicted octanol–water partition coefficient (Wildman–Crippen LogP) is 0.997. The summed E-state index contributed by atoms with van der Waals surface area (Å²) in [6, 6.07) is 8.61. The minimum atomic E-state index is -1.34. The molecule has 2 rings (SSSR count). The summed E-state index contributed by atoms with van der Waals surface area (Å²) in [7, 11) is 0. The molecule has 0 aliphatic rings. The first-order chi connectivity index (χ1) is 9.58. The molecule has 8 heteroatoms. The summed E-state index contributed by atoms with van der Waals surface area (Å²) >= 11 is 0. The Morgan fingerprint density at radius 2 is 2.05 bits per heavy atom. The van der Waals surface area contributed by atoms with Crippen LogP contribution in [-0.2, 0) is 0 Å². The monoisotopic (exact) mass is 274 g/mol. The van der Waals surface area contributed by atoms with Crippen LogP contribution < -0.4 is 10.5 Å². The quantitative estimate of drug-likeness (QED) is 0.493. The molecule has 0 saturated heterocycles. The third-order valence-electron chi connectivity index (χ3n) is 2.32. The maximum absolute atomic E-state index is 10.8. The fourth-order valence-corrected chi connectivity index (χ4v) is 1.43. The highest BCUT2D eigenvalue weighted by atomic mass is 16.6. The number of hydrazone groups is 1. The van der Waals surface area contributed by atoms with Gasteiger partial charge >= 0.3 is 5.88 Å². The Hall–Kier alpha value is -3.16. The Balaban J connectivity index is 2.10. The zero-order valence-corrected chi connectivity index (χ0v) is 9.98. The van der Waals surface area contributed by atoms with E-state index in [0.717, 1.165) is 0 Å². The van der Waals surface area contributed by atoms with Gasteiger partial charge in [-0.3, -0.25) is 15.5 Å². The molecule has 0 radical (unpaired) electrons.